The second-order valence-electron chi connectivity index (χ2n) is 6.24. The second kappa shape index (κ2) is 6.34. The summed E-state index contributed by atoms with van der Waals surface area (Å²) in [6.45, 7) is 4.37. The Bertz CT molecular complexity index is 882. The number of hydrogen-bond donors (Lipinski definition) is 1. The number of aryl methyl sites for hydroxylation is 2. The zero-order valence-electron chi connectivity index (χ0n) is 13.9. The van der Waals surface area contributed by atoms with Gasteiger partial charge in [0, 0.05) is 16.5 Å². The molecule has 0 spiro atoms. The molecule has 0 saturated heterocycles. The van der Waals surface area contributed by atoms with Gasteiger partial charge in [0.25, 0.3) is 0 Å². The average Bonchev–Trinajstić information content (AvgIpc) is 3.32. The summed E-state index contributed by atoms with van der Waals surface area (Å²) in [5.41, 5.74) is 3.85. The maximum atomic E-state index is 6.16. The molecule has 0 bridgehead atoms. The first-order valence-corrected chi connectivity index (χ1v) is 9.73. The van der Waals surface area contributed by atoms with Gasteiger partial charge in [0.2, 0.25) is 5.28 Å². The number of halogens is 1. The molecular formula is C19H20ClN3S. The SMILES string of the molecule is CCc1ccc(-c2c(CC)sc3nc(Cl)nc(NC4CC4)c23)cc1. The first-order chi connectivity index (χ1) is 11.7. The molecule has 0 radical (unpaired) electrons. The van der Waals surface area contributed by atoms with Crippen LogP contribution in [0.2, 0.25) is 5.28 Å². The highest BCUT2D eigenvalue weighted by molar-refractivity contribution is 7.19. The highest BCUT2D eigenvalue weighted by Gasteiger charge is 2.25. The van der Waals surface area contributed by atoms with Gasteiger partial charge in [-0.1, -0.05) is 38.1 Å². The Morgan fingerprint density at radius 1 is 1.12 bits per heavy atom. The Hall–Kier alpha value is -1.65. The molecule has 0 atom stereocenters. The molecule has 1 saturated carbocycles. The number of nitrogens with one attached hydrogen (secondary N) is 1. The Kier molecular flexibility index (Phi) is 4.19. The monoisotopic (exact) mass is 357 g/mol. The maximum absolute atomic E-state index is 6.16. The van der Waals surface area contributed by atoms with Gasteiger partial charge >= 0.3 is 0 Å². The minimum absolute atomic E-state index is 0.322. The van der Waals surface area contributed by atoms with Crippen molar-refractivity contribution in [2.75, 3.05) is 5.32 Å². The lowest BCUT2D eigenvalue weighted by Crippen LogP contribution is -2.04. The smallest absolute Gasteiger partial charge is 0.225 e. The standard InChI is InChI=1S/C19H20ClN3S/c1-3-11-5-7-12(8-6-11)15-14(4-2)24-18-16(15)17(21-13-9-10-13)22-19(20)23-18/h5-8,13H,3-4,9-10H2,1-2H3,(H,21,22,23). The molecule has 0 unspecified atom stereocenters. The van der Waals surface area contributed by atoms with E-state index in [1.165, 1.54) is 34.4 Å². The molecule has 1 aromatic carbocycles. The lowest BCUT2D eigenvalue weighted by Gasteiger charge is -2.09. The van der Waals surface area contributed by atoms with Crippen LogP contribution in [0.15, 0.2) is 24.3 Å². The van der Waals surface area contributed by atoms with Crippen LogP contribution in [0.25, 0.3) is 21.3 Å². The van der Waals surface area contributed by atoms with Crippen molar-refractivity contribution in [3.05, 3.63) is 40.0 Å². The molecule has 124 valence electrons. The van der Waals surface area contributed by atoms with Crippen molar-refractivity contribution in [3.8, 4) is 11.1 Å². The Balaban J connectivity index is 1.93. The zero-order chi connectivity index (χ0) is 16.7. The third kappa shape index (κ3) is 2.89. The van der Waals surface area contributed by atoms with E-state index in [1.807, 2.05) is 0 Å². The minimum Gasteiger partial charge on any atom is -0.367 e. The van der Waals surface area contributed by atoms with Crippen molar-refractivity contribution in [2.24, 2.45) is 0 Å². The Morgan fingerprint density at radius 2 is 1.88 bits per heavy atom. The van der Waals surface area contributed by atoms with E-state index in [-0.39, 0.29) is 0 Å². The molecule has 1 aliphatic rings. The van der Waals surface area contributed by atoms with Gasteiger partial charge in [0.1, 0.15) is 10.6 Å². The summed E-state index contributed by atoms with van der Waals surface area (Å²) in [5.74, 6) is 0.887. The van der Waals surface area contributed by atoms with Crippen LogP contribution >= 0.6 is 22.9 Å². The summed E-state index contributed by atoms with van der Waals surface area (Å²) in [5, 5.41) is 4.99. The van der Waals surface area contributed by atoms with E-state index < -0.39 is 0 Å². The number of nitrogens with zero attached hydrogens (tertiary/aromatic N) is 2. The van der Waals surface area contributed by atoms with Crippen LogP contribution in [-0.4, -0.2) is 16.0 Å². The number of hydrogen-bond acceptors (Lipinski definition) is 4. The fourth-order valence-electron chi connectivity index (χ4n) is 3.01. The van der Waals surface area contributed by atoms with Gasteiger partial charge in [-0.25, -0.2) is 9.97 Å². The van der Waals surface area contributed by atoms with Gasteiger partial charge in [0.05, 0.1) is 5.39 Å². The number of fused-ring (bicyclic) bond motifs is 1. The Morgan fingerprint density at radius 3 is 2.50 bits per heavy atom. The average molecular weight is 358 g/mol. The van der Waals surface area contributed by atoms with Gasteiger partial charge < -0.3 is 5.32 Å². The highest BCUT2D eigenvalue weighted by Crippen LogP contribution is 2.43. The van der Waals surface area contributed by atoms with Gasteiger partial charge in [0.15, 0.2) is 0 Å². The summed E-state index contributed by atoms with van der Waals surface area (Å²) in [7, 11) is 0. The Labute approximate surface area is 151 Å². The van der Waals surface area contributed by atoms with E-state index in [9.17, 15) is 0 Å². The molecule has 2 heterocycles. The van der Waals surface area contributed by atoms with Crippen LogP contribution in [0.5, 0.6) is 0 Å². The van der Waals surface area contributed by atoms with Crippen LogP contribution in [0.1, 0.15) is 37.1 Å². The zero-order valence-corrected chi connectivity index (χ0v) is 15.5. The third-order valence-electron chi connectivity index (χ3n) is 4.49. The van der Waals surface area contributed by atoms with Gasteiger partial charge in [-0.2, -0.15) is 0 Å². The molecule has 5 heteroatoms. The summed E-state index contributed by atoms with van der Waals surface area (Å²) >= 11 is 7.89. The largest absolute Gasteiger partial charge is 0.367 e. The van der Waals surface area contributed by atoms with E-state index in [2.05, 4.69) is 53.4 Å². The predicted molar refractivity (Wildman–Crippen MR) is 103 cm³/mol. The van der Waals surface area contributed by atoms with Crippen molar-refractivity contribution in [1.82, 2.24) is 9.97 Å². The molecule has 4 rings (SSSR count). The number of thiophene rings is 1. The maximum Gasteiger partial charge on any atom is 0.225 e. The number of anilines is 1. The molecule has 3 aromatic rings. The normalized spacial score (nSPS) is 14.3. The van der Waals surface area contributed by atoms with Crippen LogP contribution in [0.3, 0.4) is 0 Å². The summed E-state index contributed by atoms with van der Waals surface area (Å²) < 4.78 is 0. The second-order valence-corrected chi connectivity index (χ2v) is 7.67. The number of benzene rings is 1. The summed E-state index contributed by atoms with van der Waals surface area (Å²) in [6, 6.07) is 9.38. The predicted octanol–water partition coefficient (Wildman–Crippen LogP) is 5.71. The first-order valence-electron chi connectivity index (χ1n) is 8.54. The molecule has 1 fully saturated rings. The molecule has 24 heavy (non-hydrogen) atoms. The molecule has 0 amide bonds. The molecule has 3 nitrogen and oxygen atoms in total. The van der Waals surface area contributed by atoms with Crippen LogP contribution in [-0.2, 0) is 12.8 Å². The molecular weight excluding hydrogens is 338 g/mol. The number of rotatable bonds is 5. The quantitative estimate of drug-likeness (QED) is 0.594. The van der Waals surface area contributed by atoms with Crippen molar-refractivity contribution in [3.63, 3.8) is 0 Å². The molecule has 2 aromatic heterocycles. The van der Waals surface area contributed by atoms with Crippen molar-refractivity contribution >= 4 is 39.0 Å². The first kappa shape index (κ1) is 15.9. The van der Waals surface area contributed by atoms with E-state index in [0.29, 0.717) is 11.3 Å². The lowest BCUT2D eigenvalue weighted by molar-refractivity contribution is 1.11. The van der Waals surface area contributed by atoms with E-state index in [1.54, 1.807) is 11.3 Å². The highest BCUT2D eigenvalue weighted by atomic mass is 35.5. The van der Waals surface area contributed by atoms with E-state index in [4.69, 9.17) is 11.6 Å². The number of aromatic nitrogens is 2. The molecule has 0 aliphatic heterocycles. The summed E-state index contributed by atoms with van der Waals surface area (Å²) in [6.07, 6.45) is 4.44. The van der Waals surface area contributed by atoms with Crippen molar-refractivity contribution in [2.45, 2.75) is 45.6 Å². The van der Waals surface area contributed by atoms with Gasteiger partial charge in [-0.15, -0.1) is 11.3 Å². The summed E-state index contributed by atoms with van der Waals surface area (Å²) in [4.78, 5) is 11.3. The van der Waals surface area contributed by atoms with Gasteiger partial charge in [-0.3, -0.25) is 0 Å². The van der Waals surface area contributed by atoms with Crippen LogP contribution in [0.4, 0.5) is 5.82 Å². The third-order valence-corrected chi connectivity index (χ3v) is 5.88. The fourth-order valence-corrected chi connectivity index (χ4v) is 4.36. The van der Waals surface area contributed by atoms with Crippen molar-refractivity contribution < 1.29 is 0 Å². The van der Waals surface area contributed by atoms with E-state index in [0.717, 1.165) is 28.9 Å². The van der Waals surface area contributed by atoms with Crippen LogP contribution < -0.4 is 5.32 Å². The van der Waals surface area contributed by atoms with Gasteiger partial charge in [-0.05, 0) is 48.4 Å². The topological polar surface area (TPSA) is 37.8 Å². The fraction of sp³-hybridized carbons (Fsp3) is 0.368. The van der Waals surface area contributed by atoms with E-state index >= 15 is 0 Å². The van der Waals surface area contributed by atoms with Crippen LogP contribution in [0, 0.1) is 0 Å². The lowest BCUT2D eigenvalue weighted by atomic mass is 10.00. The molecule has 1 aliphatic carbocycles. The van der Waals surface area contributed by atoms with Crippen molar-refractivity contribution in [1.29, 1.82) is 0 Å². The molecule has 1 N–H and O–H groups in total. The minimum atomic E-state index is 0.322.